The summed E-state index contributed by atoms with van der Waals surface area (Å²) in [7, 11) is -2.83. The predicted octanol–water partition coefficient (Wildman–Crippen LogP) is 13.6. The van der Waals surface area contributed by atoms with Crippen LogP contribution in [0.4, 0.5) is 0 Å². The maximum Gasteiger partial charge on any atom is 0.316 e. The Bertz CT molecular complexity index is 1500. The normalized spacial score (nSPS) is 11.3. The van der Waals surface area contributed by atoms with E-state index in [1.807, 2.05) is 11.8 Å². The van der Waals surface area contributed by atoms with Crippen LogP contribution >= 0.6 is 264 Å². The van der Waals surface area contributed by atoms with E-state index in [2.05, 4.69) is 282 Å². The molecule has 0 unspecified atom stereocenters. The Labute approximate surface area is 643 Å². The van der Waals surface area contributed by atoms with Gasteiger partial charge in [-0.15, -0.1) is 0 Å². The minimum atomic E-state index is -2.83. The van der Waals surface area contributed by atoms with Crippen LogP contribution in [0.2, 0.25) is 0 Å². The summed E-state index contributed by atoms with van der Waals surface area (Å²) < 4.78 is 21.5. The van der Waals surface area contributed by atoms with Crippen molar-refractivity contribution >= 4 is 298 Å². The Morgan fingerprint density at radius 3 is 0.839 bits per heavy atom. The Balaban J connectivity index is -0.000000112. The Morgan fingerprint density at radius 1 is 0.391 bits per heavy atom. The number of thiol groups is 20. The average molecular weight is 1640 g/mol. The van der Waals surface area contributed by atoms with Gasteiger partial charge >= 0.3 is 11.9 Å². The molecule has 4 atom stereocenters. The van der Waals surface area contributed by atoms with Crippen molar-refractivity contribution in [2.75, 3.05) is 115 Å². The number of amides is 2. The third-order valence-electron chi connectivity index (χ3n) is 9.49. The molecular weight excluding hydrogens is 1530 g/mol. The van der Waals surface area contributed by atoms with Crippen molar-refractivity contribution in [1.82, 2.24) is 5.32 Å². The smallest absolute Gasteiger partial charge is 0.316 e. The largest absolute Gasteiger partial charge is 0.480 e. The molecule has 526 valence electrons. The molecule has 33 heteroatoms. The fourth-order valence-corrected chi connectivity index (χ4v) is 11.8. The van der Waals surface area contributed by atoms with Gasteiger partial charge in [0.05, 0.1) is 34.2 Å². The minimum absolute atomic E-state index is 0.163. The fourth-order valence-electron chi connectivity index (χ4n) is 4.63. The van der Waals surface area contributed by atoms with Gasteiger partial charge < -0.3 is 20.4 Å². The lowest BCUT2D eigenvalue weighted by Crippen LogP contribution is -2.30. The quantitative estimate of drug-likeness (QED) is 0.0221. The zero-order valence-electron chi connectivity index (χ0n) is 50.4. The molecule has 1 aromatic carbocycles. The Morgan fingerprint density at radius 2 is 0.644 bits per heavy atom. The first kappa shape index (κ1) is 110. The van der Waals surface area contributed by atoms with Gasteiger partial charge in [0.25, 0.3) is 0 Å². The zero-order chi connectivity index (χ0) is 68.8. The minimum Gasteiger partial charge on any atom is -0.480 e. The second-order valence-electron chi connectivity index (χ2n) is 17.2. The van der Waals surface area contributed by atoms with Crippen LogP contribution in [0.1, 0.15) is 127 Å². The van der Waals surface area contributed by atoms with Crippen LogP contribution in [0.25, 0.3) is 0 Å². The monoisotopic (exact) mass is 1640 g/mol. The van der Waals surface area contributed by atoms with Crippen LogP contribution in [-0.4, -0.2) is 190 Å². The molecule has 0 aliphatic heterocycles. The topological polar surface area (TPSA) is 195 Å². The van der Waals surface area contributed by atoms with Crippen molar-refractivity contribution in [2.45, 2.75) is 150 Å². The molecule has 2 amide bonds. The molecule has 1 rings (SSSR count). The summed E-state index contributed by atoms with van der Waals surface area (Å²) in [5.74, 6) is 14.0. The number of aliphatic hydroxyl groups is 2. The molecule has 0 aliphatic rings. The predicted molar refractivity (Wildman–Crippen MR) is 459 cm³/mol. The summed E-state index contributed by atoms with van der Waals surface area (Å²) in [5.41, 5.74) is 2.52. The SMILES string of the molecule is O=C(CCS)NC(=O)CCS.O=C(O)[C@H](S)CC[C@H](S)C(=O)O.O=S(=O)(CCS)CCS.O[C@H](CS)[C@@H](O)CS.SCCCCCCCCCCS.SCCCCCS.SCCCCS.SCCCS.SCCSCCS.SCc1ccc(CS)cc1. The average Bonchev–Trinajstić information content (AvgIpc) is 3.65. The number of sulfone groups is 1. The third kappa shape index (κ3) is 112. The van der Waals surface area contributed by atoms with Crippen LogP contribution in [0, 0.1) is 0 Å². The second-order valence-corrected chi connectivity index (χ2v) is 29.6. The molecule has 0 aromatic heterocycles. The van der Waals surface area contributed by atoms with Gasteiger partial charge in [-0.25, -0.2) is 8.42 Å². The molecule has 0 spiro atoms. The van der Waals surface area contributed by atoms with Crippen LogP contribution < -0.4 is 5.32 Å². The van der Waals surface area contributed by atoms with Gasteiger partial charge in [-0.2, -0.15) is 264 Å². The highest BCUT2D eigenvalue weighted by atomic mass is 32.2. The number of hydrogen-bond acceptors (Lipinski definition) is 29. The second kappa shape index (κ2) is 96.9. The molecule has 0 bridgehead atoms. The molecule has 5 N–H and O–H groups in total. The highest BCUT2D eigenvalue weighted by Gasteiger charge is 2.17. The van der Waals surface area contributed by atoms with Crippen LogP contribution in [0.3, 0.4) is 0 Å². The first-order valence-electron chi connectivity index (χ1n) is 28.3. The molecule has 1 aromatic rings. The highest BCUT2D eigenvalue weighted by Crippen LogP contribution is 2.12. The molecular formula is C54H113NO10S22. The van der Waals surface area contributed by atoms with Crippen LogP contribution in [0.5, 0.6) is 0 Å². The lowest BCUT2D eigenvalue weighted by Gasteiger charge is -2.11. The van der Waals surface area contributed by atoms with E-state index in [-0.39, 0.29) is 60.5 Å². The van der Waals surface area contributed by atoms with E-state index in [4.69, 9.17) is 20.4 Å². The van der Waals surface area contributed by atoms with Gasteiger partial charge in [-0.1, -0.05) is 69.2 Å². The molecule has 0 radical (unpaired) electrons. The number of unbranched alkanes of at least 4 members (excludes halogenated alkanes) is 10. The fraction of sp³-hybridized carbons (Fsp3) is 0.815. The first-order chi connectivity index (χ1) is 41.4. The van der Waals surface area contributed by atoms with Crippen molar-refractivity contribution in [3.8, 4) is 0 Å². The number of carbonyl (C=O) groups excluding carboxylic acids is 2. The van der Waals surface area contributed by atoms with E-state index in [0.29, 0.717) is 23.0 Å². The summed E-state index contributed by atoms with van der Waals surface area (Å²) >= 11 is 81.1. The van der Waals surface area contributed by atoms with Crippen molar-refractivity contribution in [3.63, 3.8) is 0 Å². The molecule has 0 saturated heterocycles. The van der Waals surface area contributed by atoms with Crippen molar-refractivity contribution in [1.29, 1.82) is 0 Å². The number of nitrogens with one attached hydrogen (secondary N) is 1. The summed E-state index contributed by atoms with van der Waals surface area (Å²) in [6, 6.07) is 8.33. The summed E-state index contributed by atoms with van der Waals surface area (Å²) in [4.78, 5) is 41.9. The van der Waals surface area contributed by atoms with Gasteiger partial charge in [0.15, 0.2) is 9.84 Å². The number of aliphatic carboxylic acids is 2. The Kier molecular flexibility index (Phi) is 123. The number of thioether (sulfide) groups is 1. The molecule has 0 saturated carbocycles. The standard InChI is InChI=1S/C10H22S2.C8H10S2.C6H11NO2S2.C6H10O4S2.C5H12S2.C4H10O2S3.C4H10O2S2.C4H10S3.C4H10S2.C3H8S2/c11-9-7-5-3-1-2-4-6-8-10-12;9-5-7-1-2-8(6-10)4-3-7;8-5(1-3-10)7-6(9)2-4-11;7-5(8)3(11)1-2-4(12)6(9)10;6-4-2-1-3-5-7;5-9(6,3-1-7)4-2-8;5-3(1-7)4(6)2-8;5-1-3-7-4-2-6;5-3-1-2-4-6;4-2-1-3-5/h11-12H,1-10H2;1-4,9-10H,5-6H2;10-11H,1-4H2,(H,7,8,9);3-4,11-12H,1-2H2,(H,7,8)(H,9,10);6-7H,1-5H2;7-8H,1-4H2;3-8H,1-2H2;5-6H,1-4H2;5-6H,1-4H2;4-5H,1-3H2/t;;;3-,4+;;;3-,4+;;;. The summed E-state index contributed by atoms with van der Waals surface area (Å²) in [5, 5.41) is 34.9. The van der Waals surface area contributed by atoms with Gasteiger partial charge in [-0.3, -0.25) is 24.5 Å². The maximum atomic E-state index is 10.7. The zero-order valence-corrected chi connectivity index (χ0v) is 69.9. The van der Waals surface area contributed by atoms with E-state index in [1.165, 1.54) is 94.6 Å². The lowest BCUT2D eigenvalue weighted by atomic mass is 10.1. The van der Waals surface area contributed by atoms with E-state index >= 15 is 0 Å². The molecule has 11 nitrogen and oxygen atoms in total. The van der Waals surface area contributed by atoms with Crippen molar-refractivity contribution in [3.05, 3.63) is 35.4 Å². The van der Waals surface area contributed by atoms with Gasteiger partial charge in [0, 0.05) is 58.9 Å². The lowest BCUT2D eigenvalue weighted by molar-refractivity contribution is -0.138. The number of aliphatic hydroxyl groups excluding tert-OH is 2. The van der Waals surface area contributed by atoms with Gasteiger partial charge in [-0.05, 0) is 138 Å². The number of carbonyl (C=O) groups is 4. The number of benzene rings is 1. The molecule has 0 aliphatic carbocycles. The van der Waals surface area contributed by atoms with E-state index in [1.54, 1.807) is 0 Å². The van der Waals surface area contributed by atoms with E-state index in [0.717, 1.165) is 87.0 Å². The van der Waals surface area contributed by atoms with Crippen LogP contribution in [0.15, 0.2) is 24.3 Å². The number of imide groups is 1. The van der Waals surface area contributed by atoms with Gasteiger partial charge in [0.2, 0.25) is 11.8 Å². The van der Waals surface area contributed by atoms with Crippen LogP contribution in [-0.2, 0) is 40.5 Å². The Hall–Kier alpha value is 4.52. The molecule has 87 heavy (non-hydrogen) atoms. The van der Waals surface area contributed by atoms with Gasteiger partial charge in [0.1, 0.15) is 0 Å². The highest BCUT2D eigenvalue weighted by molar-refractivity contribution is 8.00. The number of carboxylic acids is 2. The molecule has 0 fully saturated rings. The van der Waals surface area contributed by atoms with E-state index in [9.17, 15) is 27.6 Å². The molecule has 0 heterocycles. The number of hydrogen-bond donors (Lipinski definition) is 25. The van der Waals surface area contributed by atoms with E-state index < -0.39 is 44.5 Å². The first-order valence-corrected chi connectivity index (χ1v) is 43.6. The maximum absolute atomic E-state index is 10.7. The van der Waals surface area contributed by atoms with Crippen molar-refractivity contribution < 1.29 is 48.0 Å². The number of rotatable bonds is 40. The summed E-state index contributed by atoms with van der Waals surface area (Å²) in [6.07, 6.45) is 17.7. The number of carboxylic acid groups (broad SMARTS) is 2. The van der Waals surface area contributed by atoms with Crippen molar-refractivity contribution in [2.24, 2.45) is 0 Å². The third-order valence-corrected chi connectivity index (χ3v) is 19.6. The summed E-state index contributed by atoms with van der Waals surface area (Å²) in [6.45, 7) is 0.